The molecular formula is C14H15FN2O3S. The van der Waals surface area contributed by atoms with Crippen LogP contribution in [0.15, 0.2) is 47.4 Å². The van der Waals surface area contributed by atoms with Crippen LogP contribution < -0.4 is 15.2 Å². The highest BCUT2D eigenvalue weighted by Gasteiger charge is 2.15. The quantitative estimate of drug-likeness (QED) is 0.886. The Morgan fingerprint density at radius 2 is 1.86 bits per heavy atom. The lowest BCUT2D eigenvalue weighted by Gasteiger charge is -2.10. The molecule has 0 aliphatic carbocycles. The predicted molar refractivity (Wildman–Crippen MR) is 78.1 cm³/mol. The maximum Gasteiger partial charge on any atom is 0.261 e. The highest BCUT2D eigenvalue weighted by Crippen LogP contribution is 2.23. The average Bonchev–Trinajstić information content (AvgIpc) is 2.47. The number of hydrogen-bond donors (Lipinski definition) is 2. The molecule has 0 saturated carbocycles. The van der Waals surface area contributed by atoms with E-state index < -0.39 is 15.8 Å². The minimum atomic E-state index is -3.77. The van der Waals surface area contributed by atoms with Gasteiger partial charge in [0.2, 0.25) is 0 Å². The Bertz CT molecular complexity index is 730. The van der Waals surface area contributed by atoms with Crippen LogP contribution in [0, 0.1) is 5.82 Å². The summed E-state index contributed by atoms with van der Waals surface area (Å²) in [6.07, 6.45) is 0. The molecule has 0 heterocycles. The van der Waals surface area contributed by atoms with Crippen LogP contribution in [0.2, 0.25) is 0 Å². The van der Waals surface area contributed by atoms with Crippen molar-refractivity contribution in [3.8, 4) is 5.75 Å². The van der Waals surface area contributed by atoms with E-state index in [0.717, 1.165) is 11.6 Å². The third-order valence-electron chi connectivity index (χ3n) is 2.87. The number of anilines is 1. The Balaban J connectivity index is 2.26. The summed E-state index contributed by atoms with van der Waals surface area (Å²) in [5, 5.41) is 0. The number of hydrogen-bond acceptors (Lipinski definition) is 4. The lowest BCUT2D eigenvalue weighted by Crippen LogP contribution is -2.13. The summed E-state index contributed by atoms with van der Waals surface area (Å²) in [6.45, 7) is 0.331. The average molecular weight is 310 g/mol. The molecule has 0 radical (unpaired) electrons. The molecule has 21 heavy (non-hydrogen) atoms. The minimum Gasteiger partial charge on any atom is -0.494 e. The van der Waals surface area contributed by atoms with Crippen LogP contribution in [0.3, 0.4) is 0 Å². The van der Waals surface area contributed by atoms with Gasteiger partial charge >= 0.3 is 0 Å². The molecule has 0 unspecified atom stereocenters. The van der Waals surface area contributed by atoms with Crippen molar-refractivity contribution in [1.82, 2.24) is 0 Å². The summed E-state index contributed by atoms with van der Waals surface area (Å²) in [7, 11) is -2.44. The van der Waals surface area contributed by atoms with Crippen molar-refractivity contribution in [3.05, 3.63) is 53.8 Å². The molecule has 3 N–H and O–H groups in total. The molecule has 0 bridgehead atoms. The van der Waals surface area contributed by atoms with Crippen LogP contribution >= 0.6 is 0 Å². The van der Waals surface area contributed by atoms with Crippen LogP contribution in [0.1, 0.15) is 5.56 Å². The van der Waals surface area contributed by atoms with Crippen molar-refractivity contribution in [2.45, 2.75) is 11.4 Å². The summed E-state index contributed by atoms with van der Waals surface area (Å²) in [4.78, 5) is 0.0796. The highest BCUT2D eigenvalue weighted by atomic mass is 32.2. The Hall–Kier alpha value is -2.12. The van der Waals surface area contributed by atoms with Gasteiger partial charge in [-0.15, -0.1) is 0 Å². The van der Waals surface area contributed by atoms with Gasteiger partial charge in [-0.1, -0.05) is 12.1 Å². The van der Waals surface area contributed by atoms with E-state index in [-0.39, 0.29) is 16.3 Å². The van der Waals surface area contributed by atoms with E-state index in [1.165, 1.54) is 31.4 Å². The Morgan fingerprint density at radius 1 is 1.19 bits per heavy atom. The number of halogens is 1. The van der Waals surface area contributed by atoms with Gasteiger partial charge in [-0.25, -0.2) is 12.8 Å². The van der Waals surface area contributed by atoms with Crippen molar-refractivity contribution in [1.29, 1.82) is 0 Å². The van der Waals surface area contributed by atoms with Crippen molar-refractivity contribution >= 4 is 15.7 Å². The SMILES string of the molecule is COc1ccc(NS(=O)(=O)c2ccc(CN)cc2)cc1F. The first-order valence-corrected chi connectivity index (χ1v) is 7.60. The molecule has 0 atom stereocenters. The Kier molecular flexibility index (Phi) is 4.44. The smallest absolute Gasteiger partial charge is 0.261 e. The first kappa shape index (κ1) is 15.3. The second-order valence-electron chi connectivity index (χ2n) is 4.30. The van der Waals surface area contributed by atoms with Gasteiger partial charge in [0.1, 0.15) is 0 Å². The Labute approximate surface area is 122 Å². The first-order chi connectivity index (χ1) is 9.96. The number of nitrogens with one attached hydrogen (secondary N) is 1. The van der Waals surface area contributed by atoms with Crippen molar-refractivity contribution < 1.29 is 17.5 Å². The van der Waals surface area contributed by atoms with Crippen LogP contribution in [0.25, 0.3) is 0 Å². The van der Waals surface area contributed by atoms with Gasteiger partial charge < -0.3 is 10.5 Å². The molecule has 2 rings (SSSR count). The summed E-state index contributed by atoms with van der Waals surface area (Å²) in [5.41, 5.74) is 6.40. The van der Waals surface area contributed by atoms with Gasteiger partial charge in [-0.2, -0.15) is 0 Å². The van der Waals surface area contributed by atoms with Crippen molar-refractivity contribution in [2.75, 3.05) is 11.8 Å². The second-order valence-corrected chi connectivity index (χ2v) is 5.99. The number of nitrogens with two attached hydrogens (primary N) is 1. The van der Waals surface area contributed by atoms with E-state index in [2.05, 4.69) is 4.72 Å². The molecule has 2 aromatic rings. The molecule has 112 valence electrons. The molecule has 0 aromatic heterocycles. The lowest BCUT2D eigenvalue weighted by molar-refractivity contribution is 0.386. The van der Waals surface area contributed by atoms with E-state index >= 15 is 0 Å². The van der Waals surface area contributed by atoms with E-state index in [0.29, 0.717) is 6.54 Å². The monoisotopic (exact) mass is 310 g/mol. The van der Waals surface area contributed by atoms with Gasteiger partial charge in [-0.05, 0) is 29.8 Å². The number of benzene rings is 2. The van der Waals surface area contributed by atoms with Gasteiger partial charge in [0.25, 0.3) is 10.0 Å². The third-order valence-corrected chi connectivity index (χ3v) is 4.27. The molecule has 0 amide bonds. The van der Waals surface area contributed by atoms with E-state index in [9.17, 15) is 12.8 Å². The van der Waals surface area contributed by atoms with Crippen LogP contribution in [0.5, 0.6) is 5.75 Å². The zero-order valence-corrected chi connectivity index (χ0v) is 12.2. The number of methoxy groups -OCH3 is 1. The first-order valence-electron chi connectivity index (χ1n) is 6.11. The van der Waals surface area contributed by atoms with Crippen LogP contribution in [-0.4, -0.2) is 15.5 Å². The van der Waals surface area contributed by atoms with Crippen LogP contribution in [0.4, 0.5) is 10.1 Å². The lowest BCUT2D eigenvalue weighted by atomic mass is 10.2. The van der Waals surface area contributed by atoms with E-state index in [1.54, 1.807) is 12.1 Å². The molecule has 0 aliphatic heterocycles. The third kappa shape index (κ3) is 3.50. The van der Waals surface area contributed by atoms with Gasteiger partial charge in [-0.3, -0.25) is 4.72 Å². The molecule has 0 fully saturated rings. The number of rotatable bonds is 5. The molecule has 7 heteroatoms. The normalized spacial score (nSPS) is 11.2. The van der Waals surface area contributed by atoms with Gasteiger partial charge in [0.15, 0.2) is 11.6 Å². The fraction of sp³-hybridized carbons (Fsp3) is 0.143. The number of sulfonamides is 1. The van der Waals surface area contributed by atoms with E-state index in [1.807, 2.05) is 0 Å². The number of ether oxygens (including phenoxy) is 1. The fourth-order valence-electron chi connectivity index (χ4n) is 1.75. The van der Waals surface area contributed by atoms with Crippen molar-refractivity contribution in [2.24, 2.45) is 5.73 Å². The minimum absolute atomic E-state index is 0.0465. The summed E-state index contributed by atoms with van der Waals surface area (Å²) in [5.74, 6) is -0.596. The summed E-state index contributed by atoms with van der Waals surface area (Å²) in [6, 6.07) is 9.99. The second kappa shape index (κ2) is 6.11. The summed E-state index contributed by atoms with van der Waals surface area (Å²) >= 11 is 0. The van der Waals surface area contributed by atoms with E-state index in [4.69, 9.17) is 10.5 Å². The fourth-order valence-corrected chi connectivity index (χ4v) is 2.80. The molecule has 2 aromatic carbocycles. The van der Waals surface area contributed by atoms with Crippen LogP contribution in [-0.2, 0) is 16.6 Å². The zero-order chi connectivity index (χ0) is 15.5. The molecular weight excluding hydrogens is 295 g/mol. The standard InChI is InChI=1S/C14H15FN2O3S/c1-20-14-7-4-11(8-13(14)15)17-21(18,19)12-5-2-10(9-16)3-6-12/h2-8,17H,9,16H2,1H3. The van der Waals surface area contributed by atoms with Crippen molar-refractivity contribution in [3.63, 3.8) is 0 Å². The molecule has 5 nitrogen and oxygen atoms in total. The zero-order valence-electron chi connectivity index (χ0n) is 11.3. The summed E-state index contributed by atoms with van der Waals surface area (Å²) < 4.78 is 45.0. The highest BCUT2D eigenvalue weighted by molar-refractivity contribution is 7.92. The predicted octanol–water partition coefficient (Wildman–Crippen LogP) is 2.09. The molecule has 0 spiro atoms. The maximum atomic E-state index is 13.6. The van der Waals surface area contributed by atoms with Gasteiger partial charge in [0, 0.05) is 12.6 Å². The topological polar surface area (TPSA) is 81.4 Å². The van der Waals surface area contributed by atoms with Gasteiger partial charge in [0.05, 0.1) is 17.7 Å². The molecule has 0 aliphatic rings. The maximum absolute atomic E-state index is 13.6. The largest absolute Gasteiger partial charge is 0.494 e. The Morgan fingerprint density at radius 3 is 2.38 bits per heavy atom. The molecule has 0 saturated heterocycles.